The van der Waals surface area contributed by atoms with Crippen LogP contribution in [0.4, 0.5) is 5.82 Å². The summed E-state index contributed by atoms with van der Waals surface area (Å²) < 4.78 is 0. The Hall–Kier alpha value is -1.32. The van der Waals surface area contributed by atoms with Crippen molar-refractivity contribution in [3.63, 3.8) is 0 Å². The first-order valence-electron chi connectivity index (χ1n) is 7.23. The summed E-state index contributed by atoms with van der Waals surface area (Å²) in [6, 6.07) is 1.93. The first-order chi connectivity index (χ1) is 8.86. The normalized spacial score (nSPS) is 24.2. The van der Waals surface area contributed by atoms with E-state index in [0.717, 1.165) is 37.3 Å². The third kappa shape index (κ3) is 3.58. The maximum absolute atomic E-state index is 12.2. The van der Waals surface area contributed by atoms with Crippen LogP contribution in [0.3, 0.4) is 0 Å². The molecule has 106 valence electrons. The number of carbonyl (C=O) groups excluding carboxylic acids is 1. The van der Waals surface area contributed by atoms with Crippen molar-refractivity contribution in [1.82, 2.24) is 10.2 Å². The molecular weight excluding hydrogens is 238 g/mol. The van der Waals surface area contributed by atoms with Crippen LogP contribution < -0.4 is 5.32 Å². The predicted molar refractivity (Wildman–Crippen MR) is 77.0 cm³/mol. The third-order valence-corrected chi connectivity index (χ3v) is 4.02. The fourth-order valence-electron chi connectivity index (χ4n) is 2.52. The Balaban J connectivity index is 1.94. The average molecular weight is 263 g/mol. The molecule has 0 unspecified atom stereocenters. The molecule has 4 heteroatoms. The molecule has 19 heavy (non-hydrogen) atoms. The minimum Gasteiger partial charge on any atom is -0.309 e. The van der Waals surface area contributed by atoms with Crippen molar-refractivity contribution in [2.24, 2.45) is 11.8 Å². The van der Waals surface area contributed by atoms with E-state index in [4.69, 9.17) is 0 Å². The molecule has 0 saturated heterocycles. The zero-order chi connectivity index (χ0) is 14.0. The number of rotatable bonds is 2. The maximum atomic E-state index is 12.2. The zero-order valence-electron chi connectivity index (χ0n) is 12.4. The molecule has 2 N–H and O–H groups in total. The van der Waals surface area contributed by atoms with Gasteiger partial charge in [0.25, 0.3) is 0 Å². The second-order valence-electron chi connectivity index (χ2n) is 6.86. The lowest BCUT2D eigenvalue weighted by molar-refractivity contribution is -0.121. The number of anilines is 1. The Bertz CT molecular complexity index is 436. The van der Waals surface area contributed by atoms with E-state index in [1.54, 1.807) is 0 Å². The standard InChI is InChI=1S/C15H25N3O/c1-10-5-7-11(8-6-10)14(19)16-13-9-12(17-18-13)15(2,3)4/h9-11H,5-8H2,1-4H3,(H2,16,17,18,19). The number of hydrogen-bond donors (Lipinski definition) is 2. The lowest BCUT2D eigenvalue weighted by Gasteiger charge is -2.24. The topological polar surface area (TPSA) is 57.8 Å². The molecule has 1 aliphatic rings. The Kier molecular flexibility index (Phi) is 3.97. The smallest absolute Gasteiger partial charge is 0.228 e. The number of amides is 1. The molecule has 0 aliphatic heterocycles. The molecule has 1 saturated carbocycles. The Labute approximate surface area is 115 Å². The van der Waals surface area contributed by atoms with Crippen LogP contribution in [0.2, 0.25) is 0 Å². The van der Waals surface area contributed by atoms with Gasteiger partial charge in [-0.2, -0.15) is 5.10 Å². The van der Waals surface area contributed by atoms with E-state index in [-0.39, 0.29) is 17.2 Å². The molecule has 1 amide bonds. The summed E-state index contributed by atoms with van der Waals surface area (Å²) >= 11 is 0. The minimum atomic E-state index is 0.0241. The van der Waals surface area contributed by atoms with Crippen LogP contribution in [0.1, 0.15) is 59.1 Å². The highest BCUT2D eigenvalue weighted by atomic mass is 16.1. The number of nitrogens with zero attached hydrogens (tertiary/aromatic N) is 1. The molecule has 0 spiro atoms. The molecule has 0 aromatic carbocycles. The van der Waals surface area contributed by atoms with Crippen molar-refractivity contribution in [2.45, 2.75) is 58.8 Å². The second kappa shape index (κ2) is 5.35. The zero-order valence-corrected chi connectivity index (χ0v) is 12.4. The second-order valence-corrected chi connectivity index (χ2v) is 6.86. The van der Waals surface area contributed by atoms with Crippen LogP contribution in [0, 0.1) is 11.8 Å². The van der Waals surface area contributed by atoms with Crippen LogP contribution in [0.15, 0.2) is 6.07 Å². The Morgan fingerprint density at radius 2 is 1.95 bits per heavy atom. The minimum absolute atomic E-state index is 0.0241. The van der Waals surface area contributed by atoms with Crippen LogP contribution in [-0.4, -0.2) is 16.1 Å². The van der Waals surface area contributed by atoms with Crippen LogP contribution in [-0.2, 0) is 10.2 Å². The van der Waals surface area contributed by atoms with Gasteiger partial charge < -0.3 is 5.32 Å². The Morgan fingerprint density at radius 3 is 2.47 bits per heavy atom. The van der Waals surface area contributed by atoms with Gasteiger partial charge >= 0.3 is 0 Å². The summed E-state index contributed by atoms with van der Waals surface area (Å²) in [5.41, 5.74) is 1.07. The Morgan fingerprint density at radius 1 is 1.32 bits per heavy atom. The van der Waals surface area contributed by atoms with Gasteiger partial charge in [-0.25, -0.2) is 0 Å². The summed E-state index contributed by atoms with van der Waals surface area (Å²) in [6.07, 6.45) is 4.32. The molecule has 2 rings (SSSR count). The van der Waals surface area contributed by atoms with Gasteiger partial charge in [-0.05, 0) is 31.6 Å². The van der Waals surface area contributed by atoms with Gasteiger partial charge in [-0.3, -0.25) is 9.89 Å². The van der Waals surface area contributed by atoms with Crippen molar-refractivity contribution >= 4 is 11.7 Å². The van der Waals surface area contributed by atoms with Gasteiger partial charge in [0.15, 0.2) is 5.82 Å². The van der Waals surface area contributed by atoms with E-state index in [0.29, 0.717) is 5.82 Å². The van der Waals surface area contributed by atoms with E-state index in [1.807, 2.05) is 6.07 Å². The number of aromatic nitrogens is 2. The molecule has 1 heterocycles. The molecular formula is C15H25N3O. The van der Waals surface area contributed by atoms with Gasteiger partial charge in [0, 0.05) is 23.1 Å². The number of hydrogen-bond acceptors (Lipinski definition) is 2. The fraction of sp³-hybridized carbons (Fsp3) is 0.733. The van der Waals surface area contributed by atoms with Crippen molar-refractivity contribution in [1.29, 1.82) is 0 Å². The van der Waals surface area contributed by atoms with Gasteiger partial charge in [0.1, 0.15) is 0 Å². The predicted octanol–water partition coefficient (Wildman–Crippen LogP) is 3.47. The lowest BCUT2D eigenvalue weighted by atomic mass is 9.82. The maximum Gasteiger partial charge on any atom is 0.228 e. The molecule has 4 nitrogen and oxygen atoms in total. The summed E-state index contributed by atoms with van der Waals surface area (Å²) in [5, 5.41) is 10.1. The van der Waals surface area contributed by atoms with Gasteiger partial charge in [0.2, 0.25) is 5.91 Å². The highest BCUT2D eigenvalue weighted by Crippen LogP contribution is 2.29. The van der Waals surface area contributed by atoms with Crippen LogP contribution in [0.5, 0.6) is 0 Å². The van der Waals surface area contributed by atoms with Crippen molar-refractivity contribution in [3.05, 3.63) is 11.8 Å². The first kappa shape index (κ1) is 14.1. The van der Waals surface area contributed by atoms with E-state index in [2.05, 4.69) is 43.2 Å². The molecule has 1 aliphatic carbocycles. The third-order valence-electron chi connectivity index (χ3n) is 4.02. The molecule has 0 radical (unpaired) electrons. The first-order valence-corrected chi connectivity index (χ1v) is 7.23. The molecule has 1 aromatic heterocycles. The largest absolute Gasteiger partial charge is 0.309 e. The quantitative estimate of drug-likeness (QED) is 0.858. The summed E-state index contributed by atoms with van der Waals surface area (Å²) in [7, 11) is 0. The summed E-state index contributed by atoms with van der Waals surface area (Å²) in [5.74, 6) is 1.69. The fourth-order valence-corrected chi connectivity index (χ4v) is 2.52. The number of aromatic amines is 1. The van der Waals surface area contributed by atoms with Crippen LogP contribution >= 0.6 is 0 Å². The van der Waals surface area contributed by atoms with Crippen molar-refractivity contribution in [3.8, 4) is 0 Å². The molecule has 1 fully saturated rings. The number of H-pyrrole nitrogens is 1. The number of nitrogens with one attached hydrogen (secondary N) is 2. The van der Waals surface area contributed by atoms with Crippen molar-refractivity contribution in [2.75, 3.05) is 5.32 Å². The molecule has 1 aromatic rings. The van der Waals surface area contributed by atoms with E-state index >= 15 is 0 Å². The van der Waals surface area contributed by atoms with E-state index < -0.39 is 0 Å². The lowest BCUT2D eigenvalue weighted by Crippen LogP contribution is -2.26. The number of carbonyl (C=O) groups is 1. The van der Waals surface area contributed by atoms with Crippen LogP contribution in [0.25, 0.3) is 0 Å². The molecule has 0 bridgehead atoms. The van der Waals surface area contributed by atoms with E-state index in [9.17, 15) is 4.79 Å². The average Bonchev–Trinajstić information content (AvgIpc) is 2.78. The molecule has 0 atom stereocenters. The SMILES string of the molecule is CC1CCC(C(=O)Nc2cc(C(C)(C)C)[nH]n2)CC1. The highest BCUT2D eigenvalue weighted by Gasteiger charge is 2.25. The van der Waals surface area contributed by atoms with Gasteiger partial charge in [-0.15, -0.1) is 0 Å². The van der Waals surface area contributed by atoms with Crippen molar-refractivity contribution < 1.29 is 4.79 Å². The van der Waals surface area contributed by atoms with Gasteiger partial charge in [-0.1, -0.05) is 27.7 Å². The monoisotopic (exact) mass is 263 g/mol. The summed E-state index contributed by atoms with van der Waals surface area (Å²) in [6.45, 7) is 8.62. The van der Waals surface area contributed by atoms with Gasteiger partial charge in [0.05, 0.1) is 0 Å². The summed E-state index contributed by atoms with van der Waals surface area (Å²) in [4.78, 5) is 12.2. The van der Waals surface area contributed by atoms with E-state index in [1.165, 1.54) is 0 Å². The highest BCUT2D eigenvalue weighted by molar-refractivity contribution is 5.91.